The molecule has 23 heavy (non-hydrogen) atoms. The van der Waals surface area contributed by atoms with E-state index < -0.39 is 10.3 Å². The number of benzene rings is 1. The maximum atomic E-state index is 11.1. The molecule has 0 unspecified atom stereocenters. The number of carbonyl (C=O) groups excluding carboxylic acids is 2. The number of aldehydes is 1. The minimum atomic E-state index is -0.834. The highest BCUT2D eigenvalue weighted by Gasteiger charge is 2.35. The van der Waals surface area contributed by atoms with E-state index in [9.17, 15) is 9.59 Å². The van der Waals surface area contributed by atoms with E-state index in [1.54, 1.807) is 24.3 Å². The molecule has 1 fully saturated rings. The molecule has 0 atom stereocenters. The van der Waals surface area contributed by atoms with Crippen molar-refractivity contribution in [3.05, 3.63) is 35.4 Å². The normalized spacial score (nSPS) is 15.2. The van der Waals surface area contributed by atoms with Gasteiger partial charge in [-0.15, -0.1) is 10.3 Å². The predicted octanol–water partition coefficient (Wildman–Crippen LogP) is 3.80. The van der Waals surface area contributed by atoms with Crippen LogP contribution in [-0.4, -0.2) is 42.6 Å². The highest BCUT2D eigenvalue weighted by molar-refractivity contribution is 8.29. The predicted molar refractivity (Wildman–Crippen MR) is 98.5 cm³/mol. The van der Waals surface area contributed by atoms with Crippen LogP contribution in [0.3, 0.4) is 0 Å². The summed E-state index contributed by atoms with van der Waals surface area (Å²) in [7, 11) is 0.697. The van der Waals surface area contributed by atoms with E-state index in [1.807, 2.05) is 0 Å². The Kier molecular flexibility index (Phi) is 6.84. The molecule has 1 amide bonds. The van der Waals surface area contributed by atoms with Gasteiger partial charge in [0.15, 0.2) is 6.29 Å². The van der Waals surface area contributed by atoms with Gasteiger partial charge in [-0.1, -0.05) is 39.0 Å². The van der Waals surface area contributed by atoms with E-state index >= 15 is 0 Å². The largest absolute Gasteiger partial charge is 0.355 e. The van der Waals surface area contributed by atoms with Gasteiger partial charge in [-0.05, 0) is 31.4 Å². The fourth-order valence-corrected chi connectivity index (χ4v) is 2.75. The molecular weight excluding hydrogens is 310 g/mol. The second-order valence-corrected chi connectivity index (χ2v) is 10.8. The van der Waals surface area contributed by atoms with Gasteiger partial charge < -0.3 is 9.50 Å². The van der Waals surface area contributed by atoms with Gasteiger partial charge in [-0.25, -0.2) is 0 Å². The number of nitrogens with one attached hydrogen (secondary N) is 1. The maximum Gasteiger partial charge on any atom is 0.251 e. The molecule has 0 bridgehead atoms. The van der Waals surface area contributed by atoms with Crippen molar-refractivity contribution in [2.45, 2.75) is 44.5 Å². The van der Waals surface area contributed by atoms with Gasteiger partial charge in [0, 0.05) is 22.9 Å². The molecule has 130 valence electrons. The van der Waals surface area contributed by atoms with Crippen LogP contribution < -0.4 is 5.32 Å². The molecule has 0 saturated heterocycles. The zero-order valence-corrected chi connectivity index (χ0v) is 15.8. The van der Waals surface area contributed by atoms with E-state index in [0.717, 1.165) is 0 Å². The highest BCUT2D eigenvalue weighted by atomic mass is 32.3. The molecule has 0 aromatic heterocycles. The first-order chi connectivity index (χ1) is 10.6. The van der Waals surface area contributed by atoms with Crippen molar-refractivity contribution < 1.29 is 13.8 Å². The van der Waals surface area contributed by atoms with Crippen molar-refractivity contribution >= 4 is 22.5 Å². The van der Waals surface area contributed by atoms with Crippen LogP contribution in [0.15, 0.2) is 24.3 Å². The molecule has 1 aliphatic carbocycles. The van der Waals surface area contributed by atoms with Crippen LogP contribution in [0.4, 0.5) is 0 Å². The average molecular weight is 340 g/mol. The van der Waals surface area contributed by atoms with Crippen LogP contribution in [0, 0.1) is 0 Å². The quantitative estimate of drug-likeness (QED) is 0.849. The molecule has 2 rings (SSSR count). The first-order valence-corrected chi connectivity index (χ1v) is 10.2. The van der Waals surface area contributed by atoms with Crippen molar-refractivity contribution in [3.8, 4) is 0 Å². The number of hydrogen-bond donors (Lipinski definition) is 1. The number of hydrogen-bond acceptors (Lipinski definition) is 3. The van der Waals surface area contributed by atoms with Gasteiger partial charge in [-0.3, -0.25) is 9.59 Å². The fraction of sp³-hybridized carbons (Fsp3) is 0.556. The van der Waals surface area contributed by atoms with Gasteiger partial charge in [0.25, 0.3) is 5.91 Å². The van der Waals surface area contributed by atoms with Gasteiger partial charge in [-0.2, -0.15) is 0 Å². The third kappa shape index (κ3) is 5.99. The summed E-state index contributed by atoms with van der Waals surface area (Å²) < 4.78 is 6.33. The summed E-state index contributed by atoms with van der Waals surface area (Å²) in [6.07, 6.45) is 8.37. The third-order valence-electron chi connectivity index (χ3n) is 3.94. The van der Waals surface area contributed by atoms with Gasteiger partial charge >= 0.3 is 0 Å². The van der Waals surface area contributed by atoms with Crippen molar-refractivity contribution in [2.24, 2.45) is 0 Å². The first-order valence-electron chi connectivity index (χ1n) is 7.80. The third-order valence-corrected chi connectivity index (χ3v) is 7.64. The van der Waals surface area contributed by atoms with Crippen LogP contribution in [0.2, 0.25) is 0 Å². The van der Waals surface area contributed by atoms with Crippen LogP contribution in [-0.2, 0) is 4.18 Å². The second-order valence-electron chi connectivity index (χ2n) is 6.93. The summed E-state index contributed by atoms with van der Waals surface area (Å²) in [6.45, 7) is 6.81. The van der Waals surface area contributed by atoms with E-state index in [4.69, 9.17) is 4.18 Å². The zero-order chi connectivity index (χ0) is 17.7. The summed E-state index contributed by atoms with van der Waals surface area (Å²) in [4.78, 5) is 21.6. The van der Waals surface area contributed by atoms with Gasteiger partial charge in [0.1, 0.15) is 0 Å². The molecule has 1 aromatic rings. The molecule has 1 aromatic carbocycles. The summed E-state index contributed by atoms with van der Waals surface area (Å²) >= 11 is 0. The lowest BCUT2D eigenvalue weighted by atomic mass is 10.1. The van der Waals surface area contributed by atoms with Gasteiger partial charge in [0.2, 0.25) is 0 Å². The fourth-order valence-electron chi connectivity index (χ4n) is 1.59. The lowest BCUT2D eigenvalue weighted by Crippen LogP contribution is -2.25. The molecule has 4 nitrogen and oxygen atoms in total. The Labute approximate surface area is 141 Å². The highest BCUT2D eigenvalue weighted by Crippen LogP contribution is 2.56. The smallest absolute Gasteiger partial charge is 0.251 e. The van der Waals surface area contributed by atoms with Crippen LogP contribution in [0.1, 0.15) is 54.3 Å². The lowest BCUT2D eigenvalue weighted by Gasteiger charge is -2.43. The molecular formula is C18H29NO3S. The van der Waals surface area contributed by atoms with Crippen LogP contribution in [0.5, 0.6) is 0 Å². The van der Waals surface area contributed by atoms with E-state index in [-0.39, 0.29) is 5.91 Å². The molecule has 0 spiro atoms. The standard InChI is InChI=1S/C9H9NO2.C9H20OS/c1-10-9(12)8-5-3-2-4-7(8)6-11;1-9(2,3)11(4,5)10-8-6-7-8/h2-6H,1H3,(H,10,12);8H,6-7H2,1-5H3. The molecule has 1 saturated carbocycles. The molecule has 0 radical (unpaired) electrons. The monoisotopic (exact) mass is 339 g/mol. The Hall–Kier alpha value is -1.33. The van der Waals surface area contributed by atoms with E-state index in [1.165, 1.54) is 19.9 Å². The Balaban J connectivity index is 0.000000231. The molecule has 1 N–H and O–H groups in total. The first kappa shape index (κ1) is 19.7. The molecule has 0 heterocycles. The summed E-state index contributed by atoms with van der Waals surface area (Å²) in [6, 6.07) is 6.66. The number of rotatable bonds is 4. The zero-order valence-electron chi connectivity index (χ0n) is 15.0. The van der Waals surface area contributed by atoms with Crippen molar-refractivity contribution in [3.63, 3.8) is 0 Å². The van der Waals surface area contributed by atoms with E-state index in [0.29, 0.717) is 28.3 Å². The minimum Gasteiger partial charge on any atom is -0.355 e. The minimum absolute atomic E-state index is 0.238. The van der Waals surface area contributed by atoms with Crippen LogP contribution in [0.25, 0.3) is 0 Å². The number of amides is 1. The Morgan fingerprint density at radius 2 is 1.83 bits per heavy atom. The van der Waals surface area contributed by atoms with Crippen molar-refractivity contribution in [1.82, 2.24) is 5.32 Å². The van der Waals surface area contributed by atoms with Crippen LogP contribution >= 0.6 is 10.3 Å². The summed E-state index contributed by atoms with van der Waals surface area (Å²) in [5, 5.41) is 2.46. The SMILES string of the molecule is CC(C)(C)S(C)(C)OC1CC1.CNC(=O)c1ccccc1C=O. The average Bonchev–Trinajstić information content (AvgIpc) is 3.29. The molecule has 1 aliphatic rings. The molecule has 5 heteroatoms. The molecule has 0 aliphatic heterocycles. The summed E-state index contributed by atoms with van der Waals surface area (Å²) in [5.41, 5.74) is 0.826. The second kappa shape index (κ2) is 7.97. The van der Waals surface area contributed by atoms with Crippen molar-refractivity contribution in [2.75, 3.05) is 19.6 Å². The van der Waals surface area contributed by atoms with Crippen molar-refractivity contribution in [1.29, 1.82) is 0 Å². The topological polar surface area (TPSA) is 55.4 Å². The number of carbonyl (C=O) groups is 2. The lowest BCUT2D eigenvalue weighted by molar-refractivity contribution is 0.0957. The summed E-state index contributed by atoms with van der Waals surface area (Å²) in [5.74, 6) is -0.238. The van der Waals surface area contributed by atoms with E-state index in [2.05, 4.69) is 38.6 Å². The Bertz CT molecular complexity index is 545. The maximum absolute atomic E-state index is 11.1. The Morgan fingerprint density at radius 1 is 1.26 bits per heavy atom. The Morgan fingerprint density at radius 3 is 2.26 bits per heavy atom. The van der Waals surface area contributed by atoms with Gasteiger partial charge in [0.05, 0.1) is 6.10 Å².